The molecule has 2 atom stereocenters. The molecule has 6 heteroatoms. The molecule has 1 amide bonds. The van der Waals surface area contributed by atoms with E-state index in [4.69, 9.17) is 4.74 Å². The average Bonchev–Trinajstić information content (AvgIpc) is 3.04. The number of aryl methyl sites for hydroxylation is 1. The van der Waals surface area contributed by atoms with Crippen molar-refractivity contribution in [1.29, 1.82) is 0 Å². The van der Waals surface area contributed by atoms with Gasteiger partial charge >= 0.3 is 6.09 Å². The fourth-order valence-electron chi connectivity index (χ4n) is 3.86. The van der Waals surface area contributed by atoms with E-state index in [0.29, 0.717) is 18.5 Å². The highest BCUT2D eigenvalue weighted by Gasteiger charge is 2.32. The molecule has 2 unspecified atom stereocenters. The number of ether oxygens (including phenoxy) is 1. The molecule has 0 saturated heterocycles. The topological polar surface area (TPSA) is 58.6 Å². The summed E-state index contributed by atoms with van der Waals surface area (Å²) in [7, 11) is 0. The van der Waals surface area contributed by atoms with Crippen LogP contribution in [-0.4, -0.2) is 52.2 Å². The molecule has 1 heterocycles. The fraction of sp³-hybridized carbons (Fsp3) is 0.762. The van der Waals surface area contributed by atoms with Crippen molar-refractivity contribution in [2.75, 3.05) is 24.5 Å². The molecule has 6 nitrogen and oxygen atoms in total. The summed E-state index contributed by atoms with van der Waals surface area (Å²) in [6.07, 6.45) is 4.79. The molecular weight excluding hydrogens is 340 g/mol. The van der Waals surface area contributed by atoms with E-state index >= 15 is 0 Å². The molecule has 0 radical (unpaired) electrons. The first-order chi connectivity index (χ1) is 12.7. The average molecular weight is 377 g/mol. The van der Waals surface area contributed by atoms with Gasteiger partial charge in [-0.05, 0) is 73.6 Å². The van der Waals surface area contributed by atoms with Gasteiger partial charge in [0.05, 0.1) is 0 Å². The highest BCUT2D eigenvalue weighted by Crippen LogP contribution is 2.33. The molecule has 1 fully saturated rings. The molecule has 0 aliphatic heterocycles. The van der Waals surface area contributed by atoms with Crippen LogP contribution >= 0.6 is 0 Å². The van der Waals surface area contributed by atoms with Crippen LogP contribution in [0.2, 0.25) is 0 Å². The Labute approximate surface area is 164 Å². The van der Waals surface area contributed by atoms with E-state index in [1.165, 1.54) is 0 Å². The molecular formula is C21H36N4O2. The van der Waals surface area contributed by atoms with Crippen LogP contribution in [0.4, 0.5) is 10.6 Å². The lowest BCUT2D eigenvalue weighted by Crippen LogP contribution is -2.40. The minimum atomic E-state index is -0.454. The maximum absolute atomic E-state index is 12.4. The molecule has 0 aromatic carbocycles. The molecule has 1 aliphatic carbocycles. The Hall–Kier alpha value is -1.85. The summed E-state index contributed by atoms with van der Waals surface area (Å²) in [6.45, 7) is 16.4. The van der Waals surface area contributed by atoms with Gasteiger partial charge in [0.25, 0.3) is 0 Å². The first-order valence-corrected chi connectivity index (χ1v) is 10.2. The van der Waals surface area contributed by atoms with Crippen molar-refractivity contribution in [2.24, 2.45) is 5.92 Å². The molecule has 1 aromatic rings. The third-order valence-electron chi connectivity index (χ3n) is 5.39. The zero-order valence-corrected chi connectivity index (χ0v) is 18.1. The molecule has 1 saturated carbocycles. The summed E-state index contributed by atoms with van der Waals surface area (Å²) in [4.78, 5) is 25.5. The minimum absolute atomic E-state index is 0.205. The van der Waals surface area contributed by atoms with Crippen molar-refractivity contribution in [3.8, 4) is 0 Å². The number of hydrogen-bond acceptors (Lipinski definition) is 5. The zero-order valence-electron chi connectivity index (χ0n) is 18.1. The van der Waals surface area contributed by atoms with Gasteiger partial charge in [-0.3, -0.25) is 0 Å². The highest BCUT2D eigenvalue weighted by molar-refractivity contribution is 5.68. The van der Waals surface area contributed by atoms with Crippen LogP contribution in [0.25, 0.3) is 0 Å². The Morgan fingerprint density at radius 3 is 2.48 bits per heavy atom. The summed E-state index contributed by atoms with van der Waals surface area (Å²) < 4.78 is 5.55. The second kappa shape index (κ2) is 8.89. The number of carbonyl (C=O) groups is 1. The van der Waals surface area contributed by atoms with E-state index in [0.717, 1.165) is 49.4 Å². The molecule has 152 valence electrons. The van der Waals surface area contributed by atoms with Crippen molar-refractivity contribution >= 4 is 11.9 Å². The largest absolute Gasteiger partial charge is 0.444 e. The van der Waals surface area contributed by atoms with Gasteiger partial charge in [-0.1, -0.05) is 0 Å². The lowest BCUT2D eigenvalue weighted by Gasteiger charge is -2.31. The van der Waals surface area contributed by atoms with Crippen molar-refractivity contribution in [3.63, 3.8) is 0 Å². The zero-order chi connectivity index (χ0) is 20.2. The number of amides is 1. The third-order valence-corrected chi connectivity index (χ3v) is 5.39. The van der Waals surface area contributed by atoms with E-state index in [9.17, 15) is 4.79 Å². The normalized spacial score (nSPS) is 19.8. The quantitative estimate of drug-likeness (QED) is 0.739. The van der Waals surface area contributed by atoms with Gasteiger partial charge in [0, 0.05) is 36.9 Å². The number of aromatic nitrogens is 2. The first kappa shape index (κ1) is 21.5. The molecule has 1 aliphatic rings. The van der Waals surface area contributed by atoms with Crippen molar-refractivity contribution in [1.82, 2.24) is 14.9 Å². The molecule has 0 N–H and O–H groups in total. The number of carbonyl (C=O) groups excluding carboxylic acids is 1. The Kier molecular flexibility index (Phi) is 7.06. The van der Waals surface area contributed by atoms with E-state index in [1.807, 2.05) is 39.5 Å². The summed E-state index contributed by atoms with van der Waals surface area (Å²) in [5.74, 6) is 1.55. The number of anilines is 1. The van der Waals surface area contributed by atoms with Gasteiger partial charge in [-0.15, -0.1) is 0 Å². The van der Waals surface area contributed by atoms with Crippen molar-refractivity contribution in [2.45, 2.75) is 79.4 Å². The smallest absolute Gasteiger partial charge is 0.410 e. The standard InChI is InChI=1S/C21H36N4O2/c1-8-24(20(26)27-21(5,6)7)13-17-10-11-18(12-17)25(9-2)19-15(3)16(4)22-14-23-19/h14,17-18H,8-13H2,1-7H3. The Morgan fingerprint density at radius 1 is 1.19 bits per heavy atom. The third kappa shape index (κ3) is 5.56. The number of hydrogen-bond donors (Lipinski definition) is 0. The van der Waals surface area contributed by atoms with Gasteiger partial charge in [0.1, 0.15) is 17.7 Å². The predicted octanol–water partition coefficient (Wildman–Crippen LogP) is 4.35. The summed E-state index contributed by atoms with van der Waals surface area (Å²) >= 11 is 0. The highest BCUT2D eigenvalue weighted by atomic mass is 16.6. The van der Waals surface area contributed by atoms with Crippen LogP contribution in [0.5, 0.6) is 0 Å². The lowest BCUT2D eigenvalue weighted by molar-refractivity contribution is 0.0232. The minimum Gasteiger partial charge on any atom is -0.444 e. The summed E-state index contributed by atoms with van der Waals surface area (Å²) in [6, 6.07) is 0.463. The maximum Gasteiger partial charge on any atom is 0.410 e. The van der Waals surface area contributed by atoms with Gasteiger partial charge in [0.15, 0.2) is 0 Å². The van der Waals surface area contributed by atoms with Crippen LogP contribution in [0.15, 0.2) is 6.33 Å². The van der Waals surface area contributed by atoms with Gasteiger partial charge < -0.3 is 14.5 Å². The fourth-order valence-corrected chi connectivity index (χ4v) is 3.86. The van der Waals surface area contributed by atoms with Gasteiger partial charge in [0.2, 0.25) is 0 Å². The molecule has 1 aromatic heterocycles. The molecule has 2 rings (SSSR count). The molecule has 0 bridgehead atoms. The van der Waals surface area contributed by atoms with Crippen LogP contribution < -0.4 is 4.90 Å². The Bertz CT molecular complexity index is 642. The number of rotatable bonds is 6. The molecule has 0 spiro atoms. The van der Waals surface area contributed by atoms with Gasteiger partial charge in [-0.2, -0.15) is 0 Å². The monoisotopic (exact) mass is 376 g/mol. The predicted molar refractivity (Wildman–Crippen MR) is 109 cm³/mol. The van der Waals surface area contributed by atoms with Crippen molar-refractivity contribution < 1.29 is 9.53 Å². The van der Waals surface area contributed by atoms with Crippen LogP contribution in [0, 0.1) is 19.8 Å². The van der Waals surface area contributed by atoms with E-state index < -0.39 is 5.60 Å². The van der Waals surface area contributed by atoms with E-state index in [-0.39, 0.29) is 6.09 Å². The van der Waals surface area contributed by atoms with Crippen LogP contribution in [-0.2, 0) is 4.74 Å². The second-order valence-electron chi connectivity index (χ2n) is 8.55. The summed E-state index contributed by atoms with van der Waals surface area (Å²) in [5, 5.41) is 0. The van der Waals surface area contributed by atoms with E-state index in [2.05, 4.69) is 28.7 Å². The Morgan fingerprint density at radius 2 is 1.89 bits per heavy atom. The van der Waals surface area contributed by atoms with Crippen LogP contribution in [0.1, 0.15) is 65.1 Å². The SMILES string of the molecule is CCN(CC1CCC(N(CC)c2ncnc(C)c2C)C1)C(=O)OC(C)(C)C. The van der Waals surface area contributed by atoms with E-state index in [1.54, 1.807) is 6.33 Å². The first-order valence-electron chi connectivity index (χ1n) is 10.2. The Balaban J connectivity index is 2.02. The van der Waals surface area contributed by atoms with Crippen LogP contribution in [0.3, 0.4) is 0 Å². The summed E-state index contributed by atoms with van der Waals surface area (Å²) in [5.41, 5.74) is 1.74. The maximum atomic E-state index is 12.4. The van der Waals surface area contributed by atoms with Crippen molar-refractivity contribution in [3.05, 3.63) is 17.6 Å². The lowest BCUT2D eigenvalue weighted by atomic mass is 10.1. The van der Waals surface area contributed by atoms with Gasteiger partial charge in [-0.25, -0.2) is 14.8 Å². The number of nitrogens with zero attached hydrogens (tertiary/aromatic N) is 4. The second-order valence-corrected chi connectivity index (χ2v) is 8.55. The molecule has 27 heavy (non-hydrogen) atoms.